The van der Waals surface area contributed by atoms with Crippen LogP contribution in [0, 0.1) is 5.41 Å². The molecule has 0 bridgehead atoms. The average molecular weight is 551 g/mol. The van der Waals surface area contributed by atoms with Gasteiger partial charge in [0.2, 0.25) is 5.91 Å². The van der Waals surface area contributed by atoms with E-state index in [2.05, 4.69) is 15.1 Å². The summed E-state index contributed by atoms with van der Waals surface area (Å²) in [5.74, 6) is -1.72. The van der Waals surface area contributed by atoms with Gasteiger partial charge >= 0.3 is 19.7 Å². The van der Waals surface area contributed by atoms with Crippen LogP contribution in [0.4, 0.5) is 0 Å². The number of nitrogens with one attached hydrogen (secondary N) is 2. The van der Waals surface area contributed by atoms with Crippen LogP contribution in [0.25, 0.3) is 0 Å². The van der Waals surface area contributed by atoms with Crippen molar-refractivity contribution in [2.75, 3.05) is 20.3 Å². The molecule has 0 spiro atoms. The lowest BCUT2D eigenvalue weighted by molar-refractivity contribution is -0.146. The molecule has 38 heavy (non-hydrogen) atoms. The smallest absolute Gasteiger partial charge is 0.459 e. The van der Waals surface area contributed by atoms with Gasteiger partial charge in [-0.15, -0.1) is 0 Å². The Balaban J connectivity index is 2.05. The van der Waals surface area contributed by atoms with Crippen LogP contribution in [0.15, 0.2) is 60.7 Å². The third-order valence-electron chi connectivity index (χ3n) is 5.35. The number of amides is 1. The molecule has 0 aromatic heterocycles. The van der Waals surface area contributed by atoms with E-state index in [1.54, 1.807) is 42.5 Å². The molecule has 3 atom stereocenters. The SMILES string of the molecule is COC(=O)CCNC(=O)[C@H](O)C(C)(C)COP(=O)(N[C@@H](C)C(=O)OCc1ccccc1)Oc1ccccc1. The van der Waals surface area contributed by atoms with Crippen LogP contribution in [0.1, 0.15) is 32.8 Å². The molecule has 11 nitrogen and oxygen atoms in total. The van der Waals surface area contributed by atoms with Crippen LogP contribution < -0.4 is 14.9 Å². The van der Waals surface area contributed by atoms with Crippen molar-refractivity contribution in [3.05, 3.63) is 66.2 Å². The van der Waals surface area contributed by atoms with E-state index in [1.807, 2.05) is 18.2 Å². The predicted molar refractivity (Wildman–Crippen MR) is 139 cm³/mol. The zero-order valence-corrected chi connectivity index (χ0v) is 22.8. The van der Waals surface area contributed by atoms with Crippen LogP contribution in [0.5, 0.6) is 5.75 Å². The largest absolute Gasteiger partial charge is 0.469 e. The Kier molecular flexibility index (Phi) is 11.9. The monoisotopic (exact) mass is 550 g/mol. The molecule has 1 unspecified atom stereocenters. The average Bonchev–Trinajstić information content (AvgIpc) is 2.91. The summed E-state index contributed by atoms with van der Waals surface area (Å²) in [5, 5.41) is 15.6. The molecule has 208 valence electrons. The number of carbonyl (C=O) groups is 3. The highest BCUT2D eigenvalue weighted by Gasteiger charge is 2.39. The number of para-hydroxylation sites is 1. The van der Waals surface area contributed by atoms with Crippen LogP contribution in [0.2, 0.25) is 0 Å². The number of ether oxygens (including phenoxy) is 2. The van der Waals surface area contributed by atoms with Crippen molar-refractivity contribution in [2.24, 2.45) is 5.41 Å². The van der Waals surface area contributed by atoms with Crippen molar-refractivity contribution in [1.29, 1.82) is 0 Å². The lowest BCUT2D eigenvalue weighted by Gasteiger charge is -2.31. The summed E-state index contributed by atoms with van der Waals surface area (Å²) in [6.07, 6.45) is -1.63. The number of methoxy groups -OCH3 is 1. The minimum Gasteiger partial charge on any atom is -0.469 e. The summed E-state index contributed by atoms with van der Waals surface area (Å²) in [5.41, 5.74) is -0.447. The second kappa shape index (κ2) is 14.6. The number of benzene rings is 2. The van der Waals surface area contributed by atoms with Crippen molar-refractivity contribution in [1.82, 2.24) is 10.4 Å². The van der Waals surface area contributed by atoms with Gasteiger partial charge in [0.05, 0.1) is 20.1 Å². The Labute approximate surface area is 222 Å². The molecule has 0 saturated carbocycles. The summed E-state index contributed by atoms with van der Waals surface area (Å²) in [4.78, 5) is 36.2. The molecule has 0 aliphatic rings. The number of esters is 2. The molecular formula is C26H35N2O9P. The molecule has 2 rings (SSSR count). The van der Waals surface area contributed by atoms with Gasteiger partial charge in [-0.25, -0.2) is 4.57 Å². The van der Waals surface area contributed by atoms with E-state index in [1.165, 1.54) is 27.9 Å². The Morgan fingerprint density at radius 3 is 2.24 bits per heavy atom. The lowest BCUT2D eigenvalue weighted by Crippen LogP contribution is -2.46. The first-order chi connectivity index (χ1) is 18.0. The molecular weight excluding hydrogens is 515 g/mol. The third-order valence-corrected chi connectivity index (χ3v) is 6.97. The number of carbonyl (C=O) groups excluding carboxylic acids is 3. The molecule has 3 N–H and O–H groups in total. The summed E-state index contributed by atoms with van der Waals surface area (Å²) < 4.78 is 34.7. The maximum Gasteiger partial charge on any atom is 0.459 e. The first-order valence-electron chi connectivity index (χ1n) is 12.0. The van der Waals surface area contributed by atoms with Crippen LogP contribution in [-0.4, -0.2) is 55.4 Å². The molecule has 0 aliphatic carbocycles. The van der Waals surface area contributed by atoms with Crippen LogP contribution in [0.3, 0.4) is 0 Å². The highest BCUT2D eigenvalue weighted by molar-refractivity contribution is 7.52. The second-order valence-electron chi connectivity index (χ2n) is 9.13. The fourth-order valence-electron chi connectivity index (χ4n) is 3.03. The quantitative estimate of drug-likeness (QED) is 0.223. The second-order valence-corrected chi connectivity index (χ2v) is 10.8. The van der Waals surface area contributed by atoms with Gasteiger partial charge in [0.25, 0.3) is 0 Å². The fraction of sp³-hybridized carbons (Fsp3) is 0.423. The van der Waals surface area contributed by atoms with Crippen LogP contribution in [-0.2, 0) is 39.6 Å². The number of aliphatic hydroxyl groups is 1. The first kappa shape index (κ1) is 31.0. The highest BCUT2D eigenvalue weighted by atomic mass is 31.2. The first-order valence-corrected chi connectivity index (χ1v) is 13.5. The van der Waals surface area contributed by atoms with Gasteiger partial charge in [-0.05, 0) is 24.6 Å². The minimum atomic E-state index is -4.21. The minimum absolute atomic E-state index is 0.0285. The third kappa shape index (κ3) is 10.3. The van der Waals surface area contributed by atoms with Gasteiger partial charge in [0.15, 0.2) is 0 Å². The van der Waals surface area contributed by atoms with E-state index < -0.39 is 43.2 Å². The molecule has 0 saturated heterocycles. The van der Waals surface area contributed by atoms with Gasteiger partial charge in [0.1, 0.15) is 24.5 Å². The number of rotatable bonds is 15. The zero-order chi connectivity index (χ0) is 28.2. The maximum absolute atomic E-state index is 13.7. The highest BCUT2D eigenvalue weighted by Crippen LogP contribution is 2.46. The fourth-order valence-corrected chi connectivity index (χ4v) is 4.69. The molecule has 0 fully saturated rings. The summed E-state index contributed by atoms with van der Waals surface area (Å²) in [6.45, 7) is 4.12. The molecule has 0 heterocycles. The molecule has 1 amide bonds. The van der Waals surface area contributed by atoms with E-state index >= 15 is 0 Å². The molecule has 12 heteroatoms. The lowest BCUT2D eigenvalue weighted by atomic mass is 9.87. The molecule has 2 aromatic rings. The van der Waals surface area contributed by atoms with Crippen molar-refractivity contribution in [3.63, 3.8) is 0 Å². The number of hydrogen-bond donors (Lipinski definition) is 3. The van der Waals surface area contributed by atoms with E-state index in [9.17, 15) is 24.1 Å². The molecule has 0 radical (unpaired) electrons. The van der Waals surface area contributed by atoms with Crippen LogP contribution >= 0.6 is 7.75 Å². The maximum atomic E-state index is 13.7. The van der Waals surface area contributed by atoms with E-state index in [0.29, 0.717) is 0 Å². The summed E-state index contributed by atoms with van der Waals surface area (Å²) >= 11 is 0. The van der Waals surface area contributed by atoms with Crippen molar-refractivity contribution < 1.29 is 42.6 Å². The van der Waals surface area contributed by atoms with E-state index in [4.69, 9.17) is 13.8 Å². The Bertz CT molecular complexity index is 1100. The Morgan fingerprint density at radius 1 is 1.03 bits per heavy atom. The van der Waals surface area contributed by atoms with E-state index in [0.717, 1.165) is 5.56 Å². The zero-order valence-electron chi connectivity index (χ0n) is 21.9. The molecule has 0 aliphatic heterocycles. The normalized spacial score (nSPS) is 14.4. The van der Waals surface area contributed by atoms with Gasteiger partial charge in [0, 0.05) is 12.0 Å². The standard InChI is InChI=1S/C26H35N2O9P/c1-19(25(32)35-17-20-11-7-5-8-12-20)28-38(33,37-21-13-9-6-10-14-21)36-18-26(2,3)23(30)24(31)27-16-15-22(29)34-4/h5-14,19,23,30H,15-18H2,1-4H3,(H,27,31)(H,28,33)/t19-,23-,38?/m0/s1. The van der Waals surface area contributed by atoms with Gasteiger partial charge < -0.3 is 24.4 Å². The number of aliphatic hydroxyl groups excluding tert-OH is 1. The Morgan fingerprint density at radius 2 is 1.63 bits per heavy atom. The summed E-state index contributed by atoms with van der Waals surface area (Å²) in [7, 11) is -2.98. The van der Waals surface area contributed by atoms with Crippen molar-refractivity contribution in [3.8, 4) is 5.75 Å². The number of hydrogen-bond acceptors (Lipinski definition) is 9. The van der Waals surface area contributed by atoms with Gasteiger partial charge in [-0.1, -0.05) is 62.4 Å². The predicted octanol–water partition coefficient (Wildman–Crippen LogP) is 2.98. The van der Waals surface area contributed by atoms with Gasteiger partial charge in [-0.3, -0.25) is 18.9 Å². The van der Waals surface area contributed by atoms with Crippen molar-refractivity contribution in [2.45, 2.75) is 45.9 Å². The van der Waals surface area contributed by atoms with Crippen molar-refractivity contribution >= 4 is 25.6 Å². The topological polar surface area (TPSA) is 149 Å². The van der Waals surface area contributed by atoms with Gasteiger partial charge in [-0.2, -0.15) is 5.09 Å². The molecule has 2 aromatic carbocycles. The summed E-state index contributed by atoms with van der Waals surface area (Å²) in [6, 6.07) is 16.2. The Hall–Kier alpha value is -3.24. The van der Waals surface area contributed by atoms with E-state index in [-0.39, 0.29) is 31.9 Å².